The van der Waals surface area contributed by atoms with Crippen LogP contribution in [0.1, 0.15) is 5.56 Å². The lowest BCUT2D eigenvalue weighted by Gasteiger charge is -1.90. The van der Waals surface area contributed by atoms with Crippen molar-refractivity contribution in [2.45, 2.75) is 5.16 Å². The molecule has 0 spiro atoms. The second kappa shape index (κ2) is 5.62. The van der Waals surface area contributed by atoms with E-state index in [0.29, 0.717) is 21.9 Å². The molecule has 0 aliphatic heterocycles. The summed E-state index contributed by atoms with van der Waals surface area (Å²) in [4.78, 5) is 3.96. The van der Waals surface area contributed by atoms with E-state index in [-0.39, 0.29) is 0 Å². The summed E-state index contributed by atoms with van der Waals surface area (Å²) in [7, 11) is 0. The van der Waals surface area contributed by atoms with Crippen LogP contribution in [0.2, 0.25) is 5.02 Å². The Labute approximate surface area is 108 Å². The first kappa shape index (κ1) is 11.8. The van der Waals surface area contributed by atoms with E-state index >= 15 is 0 Å². The van der Waals surface area contributed by atoms with Crippen LogP contribution in [0.3, 0.4) is 0 Å². The van der Waals surface area contributed by atoms with E-state index in [2.05, 4.69) is 27.0 Å². The van der Waals surface area contributed by atoms with Crippen LogP contribution < -0.4 is 5.73 Å². The standard InChI is InChI=1S/C11H9ClN4S/c12-9-5-3-8(4-6-9)2-1-7-17-11-14-10(13)15-16-11/h3-6H,7H2,(H3,13,14,15,16). The van der Waals surface area contributed by atoms with Crippen LogP contribution >= 0.6 is 23.4 Å². The summed E-state index contributed by atoms with van der Waals surface area (Å²) in [6.45, 7) is 0. The molecule has 0 fully saturated rings. The predicted molar refractivity (Wildman–Crippen MR) is 69.8 cm³/mol. The van der Waals surface area contributed by atoms with Crippen molar-refractivity contribution in [1.29, 1.82) is 0 Å². The number of nitrogens with zero attached hydrogens (tertiary/aromatic N) is 2. The summed E-state index contributed by atoms with van der Waals surface area (Å²) in [5.74, 6) is 6.97. The fourth-order valence-electron chi connectivity index (χ4n) is 1.09. The van der Waals surface area contributed by atoms with Gasteiger partial charge in [0, 0.05) is 10.6 Å². The van der Waals surface area contributed by atoms with Crippen molar-refractivity contribution in [3.8, 4) is 11.8 Å². The first-order valence-electron chi connectivity index (χ1n) is 4.79. The van der Waals surface area contributed by atoms with E-state index in [4.69, 9.17) is 17.3 Å². The molecule has 1 aromatic carbocycles. The Bertz CT molecular complexity index is 553. The Morgan fingerprint density at radius 3 is 2.76 bits per heavy atom. The van der Waals surface area contributed by atoms with Gasteiger partial charge in [-0.2, -0.15) is 4.98 Å². The maximum Gasteiger partial charge on any atom is 0.216 e. The molecular weight excluding hydrogens is 256 g/mol. The summed E-state index contributed by atoms with van der Waals surface area (Å²) in [6, 6.07) is 7.39. The molecule has 0 saturated heterocycles. The van der Waals surface area contributed by atoms with Gasteiger partial charge in [0.25, 0.3) is 0 Å². The molecule has 2 aromatic rings. The minimum atomic E-state index is 0.318. The van der Waals surface area contributed by atoms with Crippen LogP contribution in [0.5, 0.6) is 0 Å². The average Bonchev–Trinajstić information content (AvgIpc) is 2.73. The third-order valence-electron chi connectivity index (χ3n) is 1.83. The van der Waals surface area contributed by atoms with Gasteiger partial charge in [0.15, 0.2) is 0 Å². The van der Waals surface area contributed by atoms with Crippen molar-refractivity contribution in [3.05, 3.63) is 34.9 Å². The molecule has 0 atom stereocenters. The lowest BCUT2D eigenvalue weighted by Crippen LogP contribution is -1.85. The zero-order chi connectivity index (χ0) is 12.1. The molecule has 0 amide bonds. The van der Waals surface area contributed by atoms with Gasteiger partial charge in [0.05, 0.1) is 5.75 Å². The molecule has 0 aliphatic rings. The minimum Gasteiger partial charge on any atom is -0.368 e. The van der Waals surface area contributed by atoms with Gasteiger partial charge in [-0.1, -0.05) is 35.2 Å². The van der Waals surface area contributed by atoms with E-state index in [1.54, 1.807) is 0 Å². The number of nitrogens with one attached hydrogen (secondary N) is 1. The summed E-state index contributed by atoms with van der Waals surface area (Å²) >= 11 is 7.20. The number of nitrogen functional groups attached to an aromatic ring is 1. The predicted octanol–water partition coefficient (Wildman–Crippen LogP) is 2.18. The van der Waals surface area contributed by atoms with Crippen molar-refractivity contribution >= 4 is 29.3 Å². The maximum absolute atomic E-state index is 5.77. The Kier molecular flexibility index (Phi) is 3.91. The van der Waals surface area contributed by atoms with Crippen molar-refractivity contribution in [1.82, 2.24) is 15.2 Å². The van der Waals surface area contributed by atoms with Gasteiger partial charge in [-0.25, -0.2) is 5.10 Å². The highest BCUT2D eigenvalue weighted by Gasteiger charge is 1.98. The second-order valence-corrected chi connectivity index (χ2v) is 4.48. The van der Waals surface area contributed by atoms with Crippen molar-refractivity contribution in [3.63, 3.8) is 0 Å². The van der Waals surface area contributed by atoms with Gasteiger partial charge in [0.2, 0.25) is 11.1 Å². The molecule has 86 valence electrons. The molecule has 1 heterocycles. The minimum absolute atomic E-state index is 0.318. The number of nitrogens with two attached hydrogens (primary N) is 1. The van der Waals surface area contributed by atoms with E-state index < -0.39 is 0 Å². The zero-order valence-electron chi connectivity index (χ0n) is 8.77. The molecule has 0 aliphatic carbocycles. The number of thioether (sulfide) groups is 1. The lowest BCUT2D eigenvalue weighted by molar-refractivity contribution is 0.976. The molecule has 0 saturated carbocycles. The smallest absolute Gasteiger partial charge is 0.216 e. The van der Waals surface area contributed by atoms with Gasteiger partial charge in [-0.3, -0.25) is 0 Å². The third-order valence-corrected chi connectivity index (χ3v) is 2.81. The molecule has 2 rings (SSSR count). The fourth-order valence-corrected chi connectivity index (χ4v) is 1.77. The Morgan fingerprint density at radius 1 is 1.35 bits per heavy atom. The number of anilines is 1. The number of aromatic amines is 1. The van der Waals surface area contributed by atoms with Crippen LogP contribution in [0.4, 0.5) is 5.95 Å². The summed E-state index contributed by atoms with van der Waals surface area (Å²) in [5.41, 5.74) is 6.33. The van der Waals surface area contributed by atoms with Crippen LogP contribution in [0, 0.1) is 11.8 Å². The second-order valence-electron chi connectivity index (χ2n) is 3.10. The van der Waals surface area contributed by atoms with Crippen molar-refractivity contribution in [2.75, 3.05) is 11.5 Å². The van der Waals surface area contributed by atoms with Crippen LogP contribution in [0.15, 0.2) is 29.4 Å². The molecule has 6 heteroatoms. The summed E-state index contributed by atoms with van der Waals surface area (Å²) < 4.78 is 0. The third kappa shape index (κ3) is 3.70. The number of hydrogen-bond acceptors (Lipinski definition) is 4. The molecule has 4 nitrogen and oxygen atoms in total. The van der Waals surface area contributed by atoms with Gasteiger partial charge >= 0.3 is 0 Å². The number of benzene rings is 1. The highest BCUT2D eigenvalue weighted by atomic mass is 35.5. The zero-order valence-corrected chi connectivity index (χ0v) is 10.3. The van der Waals surface area contributed by atoms with Crippen LogP contribution in [-0.2, 0) is 0 Å². The Hall–Kier alpha value is -1.64. The maximum atomic E-state index is 5.77. The van der Waals surface area contributed by atoms with Gasteiger partial charge in [0.1, 0.15) is 0 Å². The van der Waals surface area contributed by atoms with Gasteiger partial charge in [-0.05, 0) is 24.3 Å². The molecule has 0 radical (unpaired) electrons. The Balaban J connectivity index is 1.88. The number of hydrogen-bond donors (Lipinski definition) is 2. The molecular formula is C11H9ClN4S. The first-order valence-corrected chi connectivity index (χ1v) is 6.15. The number of H-pyrrole nitrogens is 1. The highest BCUT2D eigenvalue weighted by molar-refractivity contribution is 7.99. The monoisotopic (exact) mass is 264 g/mol. The molecule has 17 heavy (non-hydrogen) atoms. The number of halogens is 1. The number of rotatable bonds is 2. The summed E-state index contributed by atoms with van der Waals surface area (Å²) in [5, 5.41) is 7.77. The fraction of sp³-hybridized carbons (Fsp3) is 0.0909. The quantitative estimate of drug-likeness (QED) is 0.644. The van der Waals surface area contributed by atoms with Crippen LogP contribution in [-0.4, -0.2) is 20.9 Å². The van der Waals surface area contributed by atoms with Gasteiger partial charge < -0.3 is 5.73 Å². The van der Waals surface area contributed by atoms with Crippen LogP contribution in [0.25, 0.3) is 0 Å². The SMILES string of the molecule is Nc1nc(SCC#Cc2ccc(Cl)cc2)n[nH]1. The first-order chi connectivity index (χ1) is 8.24. The highest BCUT2D eigenvalue weighted by Crippen LogP contribution is 2.12. The Morgan fingerprint density at radius 2 is 2.12 bits per heavy atom. The largest absolute Gasteiger partial charge is 0.368 e. The van der Waals surface area contributed by atoms with Crippen molar-refractivity contribution in [2.24, 2.45) is 0 Å². The van der Waals surface area contributed by atoms with E-state index in [1.165, 1.54) is 11.8 Å². The molecule has 1 aromatic heterocycles. The molecule has 0 unspecified atom stereocenters. The topological polar surface area (TPSA) is 67.6 Å². The normalized spacial score (nSPS) is 9.71. The van der Waals surface area contributed by atoms with Gasteiger partial charge in [-0.15, -0.1) is 5.10 Å². The van der Waals surface area contributed by atoms with Crippen molar-refractivity contribution < 1.29 is 0 Å². The summed E-state index contributed by atoms with van der Waals surface area (Å²) in [6.07, 6.45) is 0. The lowest BCUT2D eigenvalue weighted by atomic mass is 10.2. The van der Waals surface area contributed by atoms with E-state index in [1.807, 2.05) is 24.3 Å². The number of aromatic nitrogens is 3. The van der Waals surface area contributed by atoms with E-state index in [9.17, 15) is 0 Å². The molecule has 3 N–H and O–H groups in total. The van der Waals surface area contributed by atoms with E-state index in [0.717, 1.165) is 5.56 Å². The molecule has 0 bridgehead atoms. The average molecular weight is 265 g/mol.